The molecule has 1 N–H and O–H groups in total. The molecular formula is C15H18ClNS. The van der Waals surface area contributed by atoms with Crippen LogP contribution in [0.1, 0.15) is 33.2 Å². The minimum atomic E-state index is 0.179. The molecule has 0 aliphatic carbocycles. The van der Waals surface area contributed by atoms with E-state index >= 15 is 0 Å². The maximum Gasteiger partial charge on any atom is 0.0688 e. The maximum atomic E-state index is 6.27. The predicted octanol–water partition coefficient (Wildman–Crippen LogP) is 4.64. The minimum Gasteiger partial charge on any atom is -0.309 e. The van der Waals surface area contributed by atoms with Crippen molar-refractivity contribution in [3.63, 3.8) is 0 Å². The van der Waals surface area contributed by atoms with E-state index < -0.39 is 0 Å². The Morgan fingerprint density at radius 2 is 1.78 bits per heavy atom. The van der Waals surface area contributed by atoms with Crippen LogP contribution in [0.5, 0.6) is 0 Å². The molecule has 2 aromatic rings. The number of thiophene rings is 1. The molecule has 0 saturated heterocycles. The van der Waals surface area contributed by atoms with Crippen LogP contribution in [0.15, 0.2) is 23.6 Å². The zero-order valence-corrected chi connectivity index (χ0v) is 12.7. The van der Waals surface area contributed by atoms with E-state index in [1.165, 1.54) is 27.1 Å². The standard InChI is InChI=1S/C15H18ClNS/c1-9-7-10(2)13(11(3)8-9)14(17-4)15-12(16)5-6-18-15/h5-8,14,17H,1-4H3. The summed E-state index contributed by atoms with van der Waals surface area (Å²) >= 11 is 7.97. The molecule has 0 spiro atoms. The van der Waals surface area contributed by atoms with Gasteiger partial charge in [-0.05, 0) is 56.0 Å². The Bertz CT molecular complexity index is 536. The van der Waals surface area contributed by atoms with Gasteiger partial charge in [0.2, 0.25) is 0 Å². The van der Waals surface area contributed by atoms with Crippen molar-refractivity contribution >= 4 is 22.9 Å². The lowest BCUT2D eigenvalue weighted by Gasteiger charge is -2.21. The van der Waals surface area contributed by atoms with Crippen molar-refractivity contribution in [3.05, 3.63) is 55.7 Å². The summed E-state index contributed by atoms with van der Waals surface area (Å²) in [5.74, 6) is 0. The van der Waals surface area contributed by atoms with Gasteiger partial charge in [-0.2, -0.15) is 0 Å². The summed E-state index contributed by atoms with van der Waals surface area (Å²) in [6.45, 7) is 6.47. The van der Waals surface area contributed by atoms with Gasteiger partial charge in [-0.1, -0.05) is 29.3 Å². The highest BCUT2D eigenvalue weighted by Crippen LogP contribution is 2.35. The van der Waals surface area contributed by atoms with Crippen LogP contribution < -0.4 is 5.32 Å². The van der Waals surface area contributed by atoms with Gasteiger partial charge < -0.3 is 5.32 Å². The lowest BCUT2D eigenvalue weighted by atomic mass is 9.93. The summed E-state index contributed by atoms with van der Waals surface area (Å²) in [6.07, 6.45) is 0. The SMILES string of the molecule is CNC(c1sccc1Cl)c1c(C)cc(C)cc1C. The topological polar surface area (TPSA) is 12.0 Å². The first kappa shape index (κ1) is 13.6. The second kappa shape index (κ2) is 5.43. The van der Waals surface area contributed by atoms with Crippen LogP contribution in [0.25, 0.3) is 0 Å². The number of hydrogen-bond donors (Lipinski definition) is 1. The van der Waals surface area contributed by atoms with E-state index in [4.69, 9.17) is 11.6 Å². The number of halogens is 1. The van der Waals surface area contributed by atoms with Gasteiger partial charge in [0.1, 0.15) is 0 Å². The fraction of sp³-hybridized carbons (Fsp3) is 0.333. The molecule has 2 rings (SSSR count). The van der Waals surface area contributed by atoms with E-state index in [-0.39, 0.29) is 6.04 Å². The second-order valence-corrected chi connectivity index (χ2v) is 6.02. The van der Waals surface area contributed by atoms with Crippen molar-refractivity contribution in [2.24, 2.45) is 0 Å². The highest BCUT2D eigenvalue weighted by atomic mass is 35.5. The van der Waals surface area contributed by atoms with Crippen molar-refractivity contribution in [2.75, 3.05) is 7.05 Å². The third-order valence-corrected chi connectivity index (χ3v) is 4.65. The first-order chi connectivity index (χ1) is 8.54. The summed E-state index contributed by atoms with van der Waals surface area (Å²) in [7, 11) is 1.99. The Morgan fingerprint density at radius 1 is 1.17 bits per heavy atom. The molecule has 0 saturated carbocycles. The second-order valence-electron chi connectivity index (χ2n) is 4.67. The number of hydrogen-bond acceptors (Lipinski definition) is 2. The molecule has 0 aliphatic heterocycles. The van der Waals surface area contributed by atoms with E-state index in [1.54, 1.807) is 11.3 Å². The largest absolute Gasteiger partial charge is 0.309 e. The lowest BCUT2D eigenvalue weighted by Crippen LogP contribution is -2.19. The monoisotopic (exact) mass is 279 g/mol. The highest BCUT2D eigenvalue weighted by Gasteiger charge is 2.20. The molecule has 0 amide bonds. The Balaban J connectivity index is 2.56. The van der Waals surface area contributed by atoms with Crippen molar-refractivity contribution in [1.82, 2.24) is 5.32 Å². The summed E-state index contributed by atoms with van der Waals surface area (Å²) in [4.78, 5) is 1.19. The maximum absolute atomic E-state index is 6.27. The van der Waals surface area contributed by atoms with Crippen LogP contribution in [0.4, 0.5) is 0 Å². The lowest BCUT2D eigenvalue weighted by molar-refractivity contribution is 0.694. The number of nitrogens with one attached hydrogen (secondary N) is 1. The predicted molar refractivity (Wildman–Crippen MR) is 80.9 cm³/mol. The zero-order chi connectivity index (χ0) is 13.3. The molecular weight excluding hydrogens is 262 g/mol. The molecule has 1 nitrogen and oxygen atoms in total. The molecule has 3 heteroatoms. The number of rotatable bonds is 3. The van der Waals surface area contributed by atoms with Crippen molar-refractivity contribution in [3.8, 4) is 0 Å². The van der Waals surface area contributed by atoms with E-state index in [0.29, 0.717) is 0 Å². The first-order valence-electron chi connectivity index (χ1n) is 6.02. The van der Waals surface area contributed by atoms with E-state index in [2.05, 4.69) is 38.2 Å². The fourth-order valence-electron chi connectivity index (χ4n) is 2.56. The molecule has 0 bridgehead atoms. The van der Waals surface area contributed by atoms with E-state index in [0.717, 1.165) is 5.02 Å². The molecule has 18 heavy (non-hydrogen) atoms. The van der Waals surface area contributed by atoms with Gasteiger partial charge in [0, 0.05) is 4.88 Å². The van der Waals surface area contributed by atoms with Crippen LogP contribution in [0, 0.1) is 20.8 Å². The molecule has 1 aromatic heterocycles. The third kappa shape index (κ3) is 2.46. The third-order valence-electron chi connectivity index (χ3n) is 3.22. The highest BCUT2D eigenvalue weighted by molar-refractivity contribution is 7.10. The van der Waals surface area contributed by atoms with Gasteiger partial charge in [0.15, 0.2) is 0 Å². The molecule has 0 aliphatic rings. The van der Waals surface area contributed by atoms with Crippen LogP contribution in [0.2, 0.25) is 5.02 Å². The van der Waals surface area contributed by atoms with Crippen LogP contribution in [-0.2, 0) is 0 Å². The molecule has 0 fully saturated rings. The molecule has 96 valence electrons. The van der Waals surface area contributed by atoms with Crippen LogP contribution in [-0.4, -0.2) is 7.05 Å². The Labute approximate surface area is 118 Å². The quantitative estimate of drug-likeness (QED) is 0.863. The van der Waals surface area contributed by atoms with Gasteiger partial charge in [-0.15, -0.1) is 11.3 Å². The van der Waals surface area contributed by atoms with Gasteiger partial charge >= 0.3 is 0 Å². The van der Waals surface area contributed by atoms with E-state index in [9.17, 15) is 0 Å². The first-order valence-corrected chi connectivity index (χ1v) is 7.28. The number of benzene rings is 1. The van der Waals surface area contributed by atoms with Gasteiger partial charge in [0.05, 0.1) is 11.1 Å². The Kier molecular flexibility index (Phi) is 4.10. The van der Waals surface area contributed by atoms with Crippen molar-refractivity contribution < 1.29 is 0 Å². The zero-order valence-electron chi connectivity index (χ0n) is 11.2. The van der Waals surface area contributed by atoms with Crippen molar-refractivity contribution in [1.29, 1.82) is 0 Å². The van der Waals surface area contributed by atoms with Crippen LogP contribution >= 0.6 is 22.9 Å². The van der Waals surface area contributed by atoms with Gasteiger partial charge in [0.25, 0.3) is 0 Å². The summed E-state index contributed by atoms with van der Waals surface area (Å²) in [5.41, 5.74) is 5.28. The number of aryl methyl sites for hydroxylation is 3. The molecule has 1 heterocycles. The van der Waals surface area contributed by atoms with Gasteiger partial charge in [-0.25, -0.2) is 0 Å². The minimum absolute atomic E-state index is 0.179. The Morgan fingerprint density at radius 3 is 2.22 bits per heavy atom. The summed E-state index contributed by atoms with van der Waals surface area (Å²) in [6, 6.07) is 6.60. The van der Waals surface area contributed by atoms with Crippen molar-refractivity contribution in [2.45, 2.75) is 26.8 Å². The fourth-order valence-corrected chi connectivity index (χ4v) is 3.85. The molecule has 1 unspecified atom stereocenters. The Hall–Kier alpha value is -0.830. The normalized spacial score (nSPS) is 12.7. The average Bonchev–Trinajstić information content (AvgIpc) is 2.69. The summed E-state index contributed by atoms with van der Waals surface area (Å²) < 4.78 is 0. The van der Waals surface area contributed by atoms with Gasteiger partial charge in [-0.3, -0.25) is 0 Å². The summed E-state index contributed by atoms with van der Waals surface area (Å²) in [5, 5.41) is 6.28. The van der Waals surface area contributed by atoms with E-state index in [1.807, 2.05) is 18.5 Å². The van der Waals surface area contributed by atoms with Crippen LogP contribution in [0.3, 0.4) is 0 Å². The molecule has 0 radical (unpaired) electrons. The average molecular weight is 280 g/mol. The smallest absolute Gasteiger partial charge is 0.0688 e. The molecule has 1 atom stereocenters. The molecule has 1 aromatic carbocycles.